The fourth-order valence-electron chi connectivity index (χ4n) is 1.94. The number of hydrogen-bond donors (Lipinski definition) is 2. The lowest BCUT2D eigenvalue weighted by molar-refractivity contribution is 0.179. The molecule has 0 radical (unpaired) electrons. The van der Waals surface area contributed by atoms with Crippen molar-refractivity contribution >= 4 is 10.9 Å². The van der Waals surface area contributed by atoms with Gasteiger partial charge in [-0.15, -0.1) is 0 Å². The standard InChI is InChI=1S/C12H16N2O/c1-13-7-12(15)10-8-14(2)11-6-4-3-5-9(10)11/h3-6,8,12-13,15H,7H2,1-2H3/t12-/m0/s1. The molecule has 0 saturated heterocycles. The zero-order valence-corrected chi connectivity index (χ0v) is 9.07. The Morgan fingerprint density at radius 3 is 2.87 bits per heavy atom. The van der Waals surface area contributed by atoms with Crippen molar-refractivity contribution in [3.05, 3.63) is 36.0 Å². The van der Waals surface area contributed by atoms with E-state index in [1.54, 1.807) is 0 Å². The summed E-state index contributed by atoms with van der Waals surface area (Å²) in [5.41, 5.74) is 2.14. The van der Waals surface area contributed by atoms with Crippen molar-refractivity contribution in [3.8, 4) is 0 Å². The predicted molar refractivity (Wildman–Crippen MR) is 61.8 cm³/mol. The predicted octanol–water partition coefficient (Wildman–Crippen LogP) is 1.43. The molecule has 0 amide bonds. The van der Waals surface area contributed by atoms with Gasteiger partial charge in [0.15, 0.2) is 0 Å². The van der Waals surface area contributed by atoms with Crippen molar-refractivity contribution in [2.45, 2.75) is 6.10 Å². The molecule has 0 aliphatic heterocycles. The van der Waals surface area contributed by atoms with Gasteiger partial charge in [-0.1, -0.05) is 18.2 Å². The number of fused-ring (bicyclic) bond motifs is 1. The van der Waals surface area contributed by atoms with Crippen molar-refractivity contribution in [2.24, 2.45) is 7.05 Å². The van der Waals surface area contributed by atoms with E-state index in [2.05, 4.69) is 11.4 Å². The molecule has 0 unspecified atom stereocenters. The highest BCUT2D eigenvalue weighted by molar-refractivity contribution is 5.84. The first-order chi connectivity index (χ1) is 7.24. The van der Waals surface area contributed by atoms with Crippen LogP contribution in [-0.2, 0) is 7.05 Å². The number of likely N-dealkylation sites (N-methyl/N-ethyl adjacent to an activating group) is 1. The normalized spacial score (nSPS) is 13.3. The zero-order valence-electron chi connectivity index (χ0n) is 9.07. The van der Waals surface area contributed by atoms with Gasteiger partial charge in [-0.05, 0) is 13.1 Å². The quantitative estimate of drug-likeness (QED) is 0.793. The van der Waals surface area contributed by atoms with Gasteiger partial charge in [0.25, 0.3) is 0 Å². The molecule has 0 spiro atoms. The van der Waals surface area contributed by atoms with Gasteiger partial charge in [-0.25, -0.2) is 0 Å². The molecule has 1 heterocycles. The van der Waals surface area contributed by atoms with Gasteiger partial charge < -0.3 is 15.0 Å². The van der Waals surface area contributed by atoms with E-state index in [4.69, 9.17) is 0 Å². The molecule has 2 aromatic rings. The molecule has 0 fully saturated rings. The van der Waals surface area contributed by atoms with Crippen LogP contribution in [0.25, 0.3) is 10.9 Å². The second-order valence-corrected chi connectivity index (χ2v) is 3.79. The highest BCUT2D eigenvalue weighted by Gasteiger charge is 2.12. The summed E-state index contributed by atoms with van der Waals surface area (Å²) in [5, 5.41) is 14.1. The molecule has 0 saturated carbocycles. The maximum Gasteiger partial charge on any atom is 0.0934 e. The number of aryl methyl sites for hydroxylation is 1. The molecule has 2 N–H and O–H groups in total. The molecular formula is C12H16N2O. The van der Waals surface area contributed by atoms with E-state index in [1.165, 1.54) is 0 Å². The topological polar surface area (TPSA) is 37.2 Å². The number of para-hydroxylation sites is 1. The number of rotatable bonds is 3. The van der Waals surface area contributed by atoms with E-state index >= 15 is 0 Å². The van der Waals surface area contributed by atoms with Gasteiger partial charge in [0.2, 0.25) is 0 Å². The number of aliphatic hydroxyl groups excluding tert-OH is 1. The Labute approximate surface area is 89.3 Å². The monoisotopic (exact) mass is 204 g/mol. The molecule has 1 aromatic carbocycles. The second kappa shape index (κ2) is 4.04. The first-order valence-electron chi connectivity index (χ1n) is 5.10. The average Bonchev–Trinajstić information content (AvgIpc) is 2.58. The molecule has 3 nitrogen and oxygen atoms in total. The highest BCUT2D eigenvalue weighted by Crippen LogP contribution is 2.25. The summed E-state index contributed by atoms with van der Waals surface area (Å²) < 4.78 is 2.05. The fraction of sp³-hybridized carbons (Fsp3) is 0.333. The lowest BCUT2D eigenvalue weighted by Gasteiger charge is -2.08. The first-order valence-corrected chi connectivity index (χ1v) is 5.10. The summed E-state index contributed by atoms with van der Waals surface area (Å²) in [6, 6.07) is 8.11. The third-order valence-electron chi connectivity index (χ3n) is 2.68. The van der Waals surface area contributed by atoms with Crippen LogP contribution >= 0.6 is 0 Å². The molecule has 1 aromatic heterocycles. The lowest BCUT2D eigenvalue weighted by Crippen LogP contribution is -2.16. The number of benzene rings is 1. The summed E-state index contributed by atoms with van der Waals surface area (Å²) in [4.78, 5) is 0. The minimum absolute atomic E-state index is 0.443. The van der Waals surface area contributed by atoms with Crippen LogP contribution in [0.15, 0.2) is 30.5 Å². The largest absolute Gasteiger partial charge is 0.387 e. The van der Waals surface area contributed by atoms with E-state index in [9.17, 15) is 5.11 Å². The second-order valence-electron chi connectivity index (χ2n) is 3.79. The molecule has 0 aliphatic rings. The third-order valence-corrected chi connectivity index (χ3v) is 2.68. The van der Waals surface area contributed by atoms with Gasteiger partial charge in [-0.3, -0.25) is 0 Å². The van der Waals surface area contributed by atoms with Crippen molar-refractivity contribution < 1.29 is 5.11 Å². The number of nitrogens with zero attached hydrogens (tertiary/aromatic N) is 1. The van der Waals surface area contributed by atoms with E-state index in [0.29, 0.717) is 6.54 Å². The molecule has 80 valence electrons. The fourth-order valence-corrected chi connectivity index (χ4v) is 1.94. The molecule has 1 atom stereocenters. The maximum atomic E-state index is 9.96. The van der Waals surface area contributed by atoms with Crippen LogP contribution < -0.4 is 5.32 Å². The highest BCUT2D eigenvalue weighted by atomic mass is 16.3. The summed E-state index contributed by atoms with van der Waals surface area (Å²) in [5.74, 6) is 0. The van der Waals surface area contributed by atoms with Crippen LogP contribution in [0.5, 0.6) is 0 Å². The number of nitrogens with one attached hydrogen (secondary N) is 1. The summed E-state index contributed by atoms with van der Waals surface area (Å²) in [6.45, 7) is 0.577. The van der Waals surface area contributed by atoms with Crippen molar-refractivity contribution in [1.29, 1.82) is 0 Å². The van der Waals surface area contributed by atoms with Gasteiger partial charge in [0.1, 0.15) is 0 Å². The molecule has 0 aliphatic carbocycles. The van der Waals surface area contributed by atoms with Crippen LogP contribution in [0.2, 0.25) is 0 Å². The Hall–Kier alpha value is -1.32. The smallest absolute Gasteiger partial charge is 0.0934 e. The van der Waals surface area contributed by atoms with Crippen LogP contribution in [0, 0.1) is 0 Å². The molecule has 2 rings (SSSR count). The minimum Gasteiger partial charge on any atom is -0.387 e. The SMILES string of the molecule is CNC[C@H](O)c1cn(C)c2ccccc12. The van der Waals surface area contributed by atoms with E-state index in [-0.39, 0.29) is 0 Å². The Balaban J connectivity index is 2.52. The van der Waals surface area contributed by atoms with E-state index in [1.807, 2.05) is 43.1 Å². The Bertz CT molecular complexity index is 462. The first kappa shape index (κ1) is 10.2. The number of hydrogen-bond acceptors (Lipinski definition) is 2. The zero-order chi connectivity index (χ0) is 10.8. The van der Waals surface area contributed by atoms with Gasteiger partial charge in [0, 0.05) is 36.3 Å². The molecular weight excluding hydrogens is 188 g/mol. The van der Waals surface area contributed by atoms with Crippen molar-refractivity contribution in [1.82, 2.24) is 9.88 Å². The third kappa shape index (κ3) is 1.76. The average molecular weight is 204 g/mol. The molecule has 15 heavy (non-hydrogen) atoms. The van der Waals surface area contributed by atoms with E-state index in [0.717, 1.165) is 16.5 Å². The van der Waals surface area contributed by atoms with Gasteiger partial charge >= 0.3 is 0 Å². The number of aromatic nitrogens is 1. The van der Waals surface area contributed by atoms with Gasteiger partial charge in [0.05, 0.1) is 6.10 Å². The summed E-state index contributed by atoms with van der Waals surface area (Å²) in [7, 11) is 3.84. The van der Waals surface area contributed by atoms with Crippen LogP contribution in [0.1, 0.15) is 11.7 Å². The maximum absolute atomic E-state index is 9.96. The Morgan fingerprint density at radius 1 is 1.40 bits per heavy atom. The van der Waals surface area contributed by atoms with Crippen molar-refractivity contribution in [3.63, 3.8) is 0 Å². The van der Waals surface area contributed by atoms with E-state index < -0.39 is 6.10 Å². The van der Waals surface area contributed by atoms with Gasteiger partial charge in [-0.2, -0.15) is 0 Å². The summed E-state index contributed by atoms with van der Waals surface area (Å²) in [6.07, 6.45) is 1.55. The lowest BCUT2D eigenvalue weighted by atomic mass is 10.1. The van der Waals surface area contributed by atoms with Crippen LogP contribution in [0.4, 0.5) is 0 Å². The van der Waals surface area contributed by atoms with Crippen LogP contribution in [-0.4, -0.2) is 23.3 Å². The van der Waals surface area contributed by atoms with Crippen molar-refractivity contribution in [2.75, 3.05) is 13.6 Å². The Kier molecular flexibility index (Phi) is 2.75. The molecule has 0 bridgehead atoms. The Morgan fingerprint density at radius 2 is 2.13 bits per heavy atom. The minimum atomic E-state index is -0.443. The van der Waals surface area contributed by atoms with Crippen LogP contribution in [0.3, 0.4) is 0 Å². The summed E-state index contributed by atoms with van der Waals surface area (Å²) >= 11 is 0. The number of aliphatic hydroxyl groups is 1. The molecule has 3 heteroatoms.